The first kappa shape index (κ1) is 14.2. The molecule has 1 N–H and O–H groups in total. The van der Waals surface area contributed by atoms with Crippen LogP contribution in [0.3, 0.4) is 0 Å². The molecule has 2 aromatic heterocycles. The summed E-state index contributed by atoms with van der Waals surface area (Å²) in [5.74, 6) is -0.642. The van der Waals surface area contributed by atoms with Gasteiger partial charge >= 0.3 is 5.97 Å². The Morgan fingerprint density at radius 3 is 2.40 bits per heavy atom. The number of rotatable bonds is 4. The lowest BCUT2D eigenvalue weighted by atomic mass is 10.0. The molecule has 20 heavy (non-hydrogen) atoms. The molecule has 0 saturated carbocycles. The van der Waals surface area contributed by atoms with Crippen LogP contribution >= 0.6 is 0 Å². The minimum atomic E-state index is -0.979. The van der Waals surface area contributed by atoms with Crippen molar-refractivity contribution in [2.75, 3.05) is 0 Å². The van der Waals surface area contributed by atoms with Crippen molar-refractivity contribution in [3.05, 3.63) is 34.5 Å². The Bertz CT molecular complexity index is 661. The lowest BCUT2D eigenvalue weighted by molar-refractivity contribution is 0.0695. The zero-order valence-electron chi connectivity index (χ0n) is 12.1. The Balaban J connectivity index is 2.77. The average Bonchev–Trinajstić information content (AvgIpc) is 2.77. The van der Waals surface area contributed by atoms with E-state index in [0.717, 1.165) is 22.6 Å². The summed E-state index contributed by atoms with van der Waals surface area (Å²) in [4.78, 5) is 15.9. The van der Waals surface area contributed by atoms with E-state index >= 15 is 0 Å². The molecule has 6 nitrogen and oxygen atoms in total. The highest BCUT2D eigenvalue weighted by atomic mass is 16.4. The summed E-state index contributed by atoms with van der Waals surface area (Å²) in [6.07, 6.45) is 2.87. The number of imidazole rings is 1. The van der Waals surface area contributed by atoms with Crippen molar-refractivity contribution >= 4 is 5.97 Å². The van der Waals surface area contributed by atoms with Crippen LogP contribution in [-0.4, -0.2) is 30.8 Å². The second-order valence-corrected chi connectivity index (χ2v) is 4.62. The van der Waals surface area contributed by atoms with Gasteiger partial charge in [-0.3, -0.25) is 4.57 Å². The third kappa shape index (κ3) is 2.17. The summed E-state index contributed by atoms with van der Waals surface area (Å²) >= 11 is 0. The quantitative estimate of drug-likeness (QED) is 0.923. The zero-order chi connectivity index (χ0) is 14.9. The van der Waals surface area contributed by atoms with Crippen LogP contribution < -0.4 is 0 Å². The summed E-state index contributed by atoms with van der Waals surface area (Å²) in [5, 5.41) is 17.8. The monoisotopic (exact) mass is 274 g/mol. The maximum atomic E-state index is 11.7. The van der Waals surface area contributed by atoms with E-state index in [1.807, 2.05) is 27.7 Å². The van der Waals surface area contributed by atoms with Crippen LogP contribution in [0.1, 0.15) is 46.9 Å². The fraction of sp³-hybridized carbons (Fsp3) is 0.429. The summed E-state index contributed by atoms with van der Waals surface area (Å²) in [6, 6.07) is 0. The molecule has 0 aliphatic carbocycles. The SMILES string of the molecule is CCc1nnc(-n2cnc(C)c2C)c(C(=O)O)c1CC. The molecule has 0 radical (unpaired) electrons. The summed E-state index contributed by atoms with van der Waals surface area (Å²) in [7, 11) is 0. The van der Waals surface area contributed by atoms with E-state index in [2.05, 4.69) is 15.2 Å². The first-order valence-electron chi connectivity index (χ1n) is 6.63. The van der Waals surface area contributed by atoms with E-state index in [1.165, 1.54) is 0 Å². The predicted molar refractivity (Wildman–Crippen MR) is 74.3 cm³/mol. The Hall–Kier alpha value is -2.24. The van der Waals surface area contributed by atoms with Gasteiger partial charge in [-0.2, -0.15) is 5.10 Å². The molecule has 6 heteroatoms. The van der Waals surface area contributed by atoms with Crippen molar-refractivity contribution in [2.24, 2.45) is 0 Å². The Labute approximate surface area is 117 Å². The number of carboxylic acids is 1. The molecule has 106 valence electrons. The molecule has 0 unspecified atom stereocenters. The lowest BCUT2D eigenvalue weighted by Crippen LogP contribution is -2.15. The molecule has 2 heterocycles. The first-order valence-corrected chi connectivity index (χ1v) is 6.63. The molecule has 2 aromatic rings. The van der Waals surface area contributed by atoms with E-state index in [9.17, 15) is 9.90 Å². The second kappa shape index (κ2) is 5.40. The van der Waals surface area contributed by atoms with Crippen LogP contribution in [0.2, 0.25) is 0 Å². The van der Waals surface area contributed by atoms with Crippen molar-refractivity contribution < 1.29 is 9.90 Å². The molecule has 0 fully saturated rings. The molecular formula is C14H18N4O2. The number of hydrogen-bond donors (Lipinski definition) is 1. The third-order valence-electron chi connectivity index (χ3n) is 3.52. The highest BCUT2D eigenvalue weighted by Gasteiger charge is 2.22. The molecule has 2 rings (SSSR count). The number of aromatic carboxylic acids is 1. The van der Waals surface area contributed by atoms with Crippen LogP contribution in [0.4, 0.5) is 0 Å². The fourth-order valence-electron chi connectivity index (χ4n) is 2.27. The maximum absolute atomic E-state index is 11.7. The van der Waals surface area contributed by atoms with Crippen LogP contribution in [0.15, 0.2) is 6.33 Å². The normalized spacial score (nSPS) is 10.8. The second-order valence-electron chi connectivity index (χ2n) is 4.62. The molecule has 0 aromatic carbocycles. The van der Waals surface area contributed by atoms with Crippen molar-refractivity contribution in [1.29, 1.82) is 0 Å². The Kier molecular flexibility index (Phi) is 3.83. The highest BCUT2D eigenvalue weighted by molar-refractivity contribution is 5.93. The van der Waals surface area contributed by atoms with Gasteiger partial charge in [0, 0.05) is 5.69 Å². The summed E-state index contributed by atoms with van der Waals surface area (Å²) < 4.78 is 1.68. The van der Waals surface area contributed by atoms with E-state index in [-0.39, 0.29) is 5.56 Å². The number of nitrogens with zero attached hydrogens (tertiary/aromatic N) is 4. The molecule has 0 spiro atoms. The van der Waals surface area contributed by atoms with E-state index in [0.29, 0.717) is 18.7 Å². The van der Waals surface area contributed by atoms with Crippen molar-refractivity contribution in [3.63, 3.8) is 0 Å². The highest BCUT2D eigenvalue weighted by Crippen LogP contribution is 2.22. The van der Waals surface area contributed by atoms with Crippen molar-refractivity contribution in [2.45, 2.75) is 40.5 Å². The number of aryl methyl sites for hydroxylation is 2. The number of hydrogen-bond acceptors (Lipinski definition) is 4. The maximum Gasteiger partial charge on any atom is 0.339 e. The van der Waals surface area contributed by atoms with Gasteiger partial charge in [0.05, 0.1) is 11.4 Å². The van der Waals surface area contributed by atoms with Gasteiger partial charge < -0.3 is 5.11 Å². The Morgan fingerprint density at radius 1 is 1.25 bits per heavy atom. The van der Waals surface area contributed by atoms with Gasteiger partial charge in [-0.1, -0.05) is 13.8 Å². The fourth-order valence-corrected chi connectivity index (χ4v) is 2.27. The smallest absolute Gasteiger partial charge is 0.339 e. The standard InChI is InChI=1S/C14H18N4O2/c1-5-10-11(6-2)16-17-13(12(10)14(19)20)18-7-15-8(3)9(18)4/h7H,5-6H2,1-4H3,(H,19,20). The largest absolute Gasteiger partial charge is 0.478 e. The van der Waals surface area contributed by atoms with E-state index in [4.69, 9.17) is 0 Å². The molecule has 0 amide bonds. The minimum absolute atomic E-state index is 0.222. The van der Waals surface area contributed by atoms with Crippen LogP contribution in [0.5, 0.6) is 0 Å². The third-order valence-corrected chi connectivity index (χ3v) is 3.52. The first-order chi connectivity index (χ1) is 9.51. The van der Waals surface area contributed by atoms with Crippen LogP contribution in [-0.2, 0) is 12.8 Å². The van der Waals surface area contributed by atoms with Crippen molar-refractivity contribution in [3.8, 4) is 5.82 Å². The molecular weight excluding hydrogens is 256 g/mol. The van der Waals surface area contributed by atoms with E-state index < -0.39 is 5.97 Å². The molecule has 0 aliphatic rings. The zero-order valence-corrected chi connectivity index (χ0v) is 12.1. The summed E-state index contributed by atoms with van der Waals surface area (Å²) in [6.45, 7) is 7.63. The Morgan fingerprint density at radius 2 is 1.95 bits per heavy atom. The van der Waals surface area contributed by atoms with Gasteiger partial charge in [0.1, 0.15) is 11.9 Å². The van der Waals surface area contributed by atoms with Crippen LogP contribution in [0, 0.1) is 13.8 Å². The molecule has 0 atom stereocenters. The lowest BCUT2D eigenvalue weighted by Gasteiger charge is -2.13. The van der Waals surface area contributed by atoms with Gasteiger partial charge in [0.2, 0.25) is 0 Å². The van der Waals surface area contributed by atoms with E-state index in [1.54, 1.807) is 10.9 Å². The van der Waals surface area contributed by atoms with Crippen molar-refractivity contribution in [1.82, 2.24) is 19.7 Å². The van der Waals surface area contributed by atoms with Gasteiger partial charge in [0.25, 0.3) is 0 Å². The number of carboxylic acid groups (broad SMARTS) is 1. The minimum Gasteiger partial charge on any atom is -0.478 e. The number of aromatic nitrogens is 4. The molecule has 0 saturated heterocycles. The average molecular weight is 274 g/mol. The van der Waals surface area contributed by atoms with Gasteiger partial charge in [-0.25, -0.2) is 9.78 Å². The molecule has 0 bridgehead atoms. The van der Waals surface area contributed by atoms with Gasteiger partial charge in [0.15, 0.2) is 5.82 Å². The molecule has 0 aliphatic heterocycles. The summed E-state index contributed by atoms with van der Waals surface area (Å²) in [5.41, 5.74) is 3.42. The topological polar surface area (TPSA) is 80.9 Å². The predicted octanol–water partition coefficient (Wildman–Crippen LogP) is 2.10. The number of carbonyl (C=O) groups is 1. The van der Waals surface area contributed by atoms with Gasteiger partial charge in [-0.05, 0) is 32.3 Å². The van der Waals surface area contributed by atoms with Gasteiger partial charge in [-0.15, -0.1) is 5.10 Å². The van der Waals surface area contributed by atoms with Crippen LogP contribution in [0.25, 0.3) is 5.82 Å².